The van der Waals surface area contributed by atoms with Gasteiger partial charge in [-0.1, -0.05) is 63.1 Å². The fraction of sp³-hybridized carbons (Fsp3) is 0.524. The summed E-state index contributed by atoms with van der Waals surface area (Å²) in [6, 6.07) is 14.7. The molecular formula is C21H30OS. The normalized spacial score (nSPS) is 11.3. The smallest absolute Gasteiger partial charge is 0.127 e. The second-order valence-corrected chi connectivity index (χ2v) is 7.76. The van der Waals surface area contributed by atoms with E-state index in [2.05, 4.69) is 68.1 Å². The molecule has 2 heteroatoms. The summed E-state index contributed by atoms with van der Waals surface area (Å²) in [6.07, 6.45) is 6.45. The highest BCUT2D eigenvalue weighted by Gasteiger charge is 2.01. The molecule has 0 spiro atoms. The van der Waals surface area contributed by atoms with Crippen molar-refractivity contribution in [1.29, 1.82) is 0 Å². The van der Waals surface area contributed by atoms with E-state index in [-0.39, 0.29) is 0 Å². The maximum atomic E-state index is 5.99. The van der Waals surface area contributed by atoms with Crippen molar-refractivity contribution < 1.29 is 4.74 Å². The molecule has 0 N–H and O–H groups in total. The van der Waals surface area contributed by atoms with Gasteiger partial charge in [-0.25, -0.2) is 0 Å². The van der Waals surface area contributed by atoms with Crippen molar-refractivity contribution in [3.63, 3.8) is 0 Å². The lowest BCUT2D eigenvalue weighted by atomic mass is 10.1. The van der Waals surface area contributed by atoms with Crippen molar-refractivity contribution in [3.05, 3.63) is 42.5 Å². The first-order valence-corrected chi connectivity index (χ1v) is 10.1. The topological polar surface area (TPSA) is 9.23 Å². The Morgan fingerprint density at radius 3 is 2.52 bits per heavy atom. The minimum Gasteiger partial charge on any atom is -0.493 e. The lowest BCUT2D eigenvalue weighted by molar-refractivity contribution is 0.308. The quantitative estimate of drug-likeness (QED) is 0.432. The number of hydrogen-bond donors (Lipinski definition) is 0. The lowest BCUT2D eigenvalue weighted by Crippen LogP contribution is -1.98. The van der Waals surface area contributed by atoms with Gasteiger partial charge in [-0.3, -0.25) is 0 Å². The van der Waals surface area contributed by atoms with Crippen LogP contribution < -0.4 is 4.74 Å². The third-order valence-corrected chi connectivity index (χ3v) is 5.13. The predicted molar refractivity (Wildman–Crippen MR) is 105 cm³/mol. The van der Waals surface area contributed by atoms with Crippen LogP contribution in [0.1, 0.15) is 46.0 Å². The summed E-state index contributed by atoms with van der Waals surface area (Å²) < 4.78 is 5.99. The number of fused-ring (bicyclic) bond motifs is 1. The van der Waals surface area contributed by atoms with Gasteiger partial charge in [0.2, 0.25) is 0 Å². The molecule has 0 aliphatic heterocycles. The molecule has 0 amide bonds. The van der Waals surface area contributed by atoms with E-state index in [0.29, 0.717) is 0 Å². The zero-order chi connectivity index (χ0) is 16.3. The summed E-state index contributed by atoms with van der Waals surface area (Å²) >= 11 is 2.11. The Labute approximate surface area is 145 Å². The van der Waals surface area contributed by atoms with E-state index in [1.54, 1.807) is 0 Å². The standard InChI is InChI=1S/C21H30OS/c1-18(2)14-17-23-16-8-4-3-7-15-22-21-13-9-11-19-10-5-6-12-20(19)21/h5-6,9-13,18H,3-4,7-8,14-17H2,1-2H3. The van der Waals surface area contributed by atoms with Gasteiger partial charge in [0.1, 0.15) is 5.75 Å². The van der Waals surface area contributed by atoms with E-state index in [1.165, 1.54) is 48.0 Å². The molecule has 2 aromatic rings. The largest absolute Gasteiger partial charge is 0.493 e. The first kappa shape index (κ1) is 18.2. The number of benzene rings is 2. The van der Waals surface area contributed by atoms with Crippen LogP contribution in [-0.4, -0.2) is 18.1 Å². The molecule has 0 unspecified atom stereocenters. The van der Waals surface area contributed by atoms with Crippen LogP contribution in [0, 0.1) is 5.92 Å². The SMILES string of the molecule is CC(C)CCSCCCCCCOc1cccc2ccccc12. The van der Waals surface area contributed by atoms with Crippen LogP contribution >= 0.6 is 11.8 Å². The van der Waals surface area contributed by atoms with E-state index in [9.17, 15) is 0 Å². The highest BCUT2D eigenvalue weighted by atomic mass is 32.2. The second kappa shape index (κ2) is 10.6. The summed E-state index contributed by atoms with van der Waals surface area (Å²) in [5.74, 6) is 4.50. The highest BCUT2D eigenvalue weighted by Crippen LogP contribution is 2.25. The van der Waals surface area contributed by atoms with Crippen LogP contribution in [0.5, 0.6) is 5.75 Å². The van der Waals surface area contributed by atoms with Crippen molar-refractivity contribution in [3.8, 4) is 5.75 Å². The summed E-state index contributed by atoms with van der Waals surface area (Å²) in [5, 5.41) is 2.47. The second-order valence-electron chi connectivity index (χ2n) is 6.53. The Balaban J connectivity index is 1.55. The molecule has 0 bridgehead atoms. The van der Waals surface area contributed by atoms with Crippen LogP contribution in [0.4, 0.5) is 0 Å². The maximum absolute atomic E-state index is 5.99. The Morgan fingerprint density at radius 1 is 0.870 bits per heavy atom. The minimum absolute atomic E-state index is 0.828. The van der Waals surface area contributed by atoms with E-state index >= 15 is 0 Å². The van der Waals surface area contributed by atoms with Gasteiger partial charge in [0.15, 0.2) is 0 Å². The highest BCUT2D eigenvalue weighted by molar-refractivity contribution is 7.99. The van der Waals surface area contributed by atoms with Gasteiger partial charge < -0.3 is 4.74 Å². The monoisotopic (exact) mass is 330 g/mol. The van der Waals surface area contributed by atoms with Crippen molar-refractivity contribution >= 4 is 22.5 Å². The number of unbranched alkanes of at least 4 members (excludes halogenated alkanes) is 3. The van der Waals surface area contributed by atoms with Gasteiger partial charge in [0.05, 0.1) is 6.61 Å². The van der Waals surface area contributed by atoms with Crippen LogP contribution in [0.25, 0.3) is 10.8 Å². The number of hydrogen-bond acceptors (Lipinski definition) is 2. The third-order valence-electron chi connectivity index (χ3n) is 4.03. The maximum Gasteiger partial charge on any atom is 0.127 e. The Hall–Kier alpha value is -1.15. The lowest BCUT2D eigenvalue weighted by Gasteiger charge is -2.09. The molecule has 0 atom stereocenters. The molecule has 2 aromatic carbocycles. The van der Waals surface area contributed by atoms with Gasteiger partial charge >= 0.3 is 0 Å². The van der Waals surface area contributed by atoms with Crippen molar-refractivity contribution in [2.45, 2.75) is 46.0 Å². The molecule has 0 heterocycles. The zero-order valence-electron chi connectivity index (χ0n) is 14.6. The van der Waals surface area contributed by atoms with Crippen LogP contribution in [0.15, 0.2) is 42.5 Å². The molecule has 0 saturated heterocycles. The van der Waals surface area contributed by atoms with E-state index < -0.39 is 0 Å². The average molecular weight is 331 g/mol. The summed E-state index contributed by atoms with van der Waals surface area (Å²) in [5.41, 5.74) is 0. The molecule has 126 valence electrons. The molecular weight excluding hydrogens is 300 g/mol. The Bertz CT molecular complexity index is 559. The zero-order valence-corrected chi connectivity index (χ0v) is 15.4. The summed E-state index contributed by atoms with van der Waals surface area (Å²) in [6.45, 7) is 5.43. The van der Waals surface area contributed by atoms with E-state index in [4.69, 9.17) is 4.74 Å². The van der Waals surface area contributed by atoms with Gasteiger partial charge in [0, 0.05) is 5.39 Å². The average Bonchev–Trinajstić information content (AvgIpc) is 2.56. The van der Waals surface area contributed by atoms with Gasteiger partial charge in [-0.05, 0) is 48.1 Å². The number of thioether (sulfide) groups is 1. The molecule has 0 aliphatic carbocycles. The van der Waals surface area contributed by atoms with Crippen LogP contribution in [0.2, 0.25) is 0 Å². The first-order valence-electron chi connectivity index (χ1n) is 8.95. The molecule has 23 heavy (non-hydrogen) atoms. The van der Waals surface area contributed by atoms with E-state index in [1.807, 2.05) is 0 Å². The van der Waals surface area contributed by atoms with Crippen molar-refractivity contribution in [2.75, 3.05) is 18.1 Å². The molecule has 0 radical (unpaired) electrons. The molecule has 0 aromatic heterocycles. The predicted octanol–water partition coefficient (Wildman–Crippen LogP) is 6.56. The number of ether oxygens (including phenoxy) is 1. The summed E-state index contributed by atoms with van der Waals surface area (Å²) in [7, 11) is 0. The third kappa shape index (κ3) is 6.87. The van der Waals surface area contributed by atoms with Gasteiger partial charge in [-0.15, -0.1) is 0 Å². The minimum atomic E-state index is 0.828. The van der Waals surface area contributed by atoms with Gasteiger partial charge in [-0.2, -0.15) is 11.8 Å². The molecule has 1 nitrogen and oxygen atoms in total. The molecule has 0 saturated carbocycles. The Morgan fingerprint density at radius 2 is 1.65 bits per heavy atom. The Kier molecular flexibility index (Phi) is 8.38. The number of rotatable bonds is 11. The van der Waals surface area contributed by atoms with Crippen molar-refractivity contribution in [2.24, 2.45) is 5.92 Å². The van der Waals surface area contributed by atoms with Crippen molar-refractivity contribution in [1.82, 2.24) is 0 Å². The molecule has 0 aliphatic rings. The van der Waals surface area contributed by atoms with Crippen LogP contribution in [0.3, 0.4) is 0 Å². The molecule has 0 fully saturated rings. The molecule has 2 rings (SSSR count). The fourth-order valence-electron chi connectivity index (χ4n) is 2.58. The summed E-state index contributed by atoms with van der Waals surface area (Å²) in [4.78, 5) is 0. The van der Waals surface area contributed by atoms with Crippen LogP contribution in [-0.2, 0) is 0 Å². The van der Waals surface area contributed by atoms with E-state index in [0.717, 1.165) is 24.7 Å². The first-order chi connectivity index (χ1) is 11.3. The fourth-order valence-corrected chi connectivity index (χ4v) is 3.83. The van der Waals surface area contributed by atoms with Gasteiger partial charge in [0.25, 0.3) is 0 Å².